The summed E-state index contributed by atoms with van der Waals surface area (Å²) in [5.41, 5.74) is 2.77. The number of H-pyrrole nitrogens is 1. The van der Waals surface area contributed by atoms with E-state index < -0.39 is 0 Å². The Morgan fingerprint density at radius 3 is 3.07 bits per heavy atom. The van der Waals surface area contributed by atoms with Crippen molar-refractivity contribution in [2.75, 3.05) is 6.54 Å². The van der Waals surface area contributed by atoms with Gasteiger partial charge in [0.1, 0.15) is 5.82 Å². The van der Waals surface area contributed by atoms with Crippen LogP contribution < -0.4 is 5.32 Å². The molecule has 1 unspecified atom stereocenters. The molecule has 3 rings (SSSR count). The Morgan fingerprint density at radius 2 is 2.20 bits per heavy atom. The first-order valence-corrected chi connectivity index (χ1v) is 5.25. The summed E-state index contributed by atoms with van der Waals surface area (Å²) in [4.78, 5) is 7.49. The van der Waals surface area contributed by atoms with Crippen molar-refractivity contribution in [3.63, 3.8) is 0 Å². The summed E-state index contributed by atoms with van der Waals surface area (Å²) in [5.74, 6) is 1.00. The molecular weight excluding hydrogens is 186 g/mol. The molecule has 1 aliphatic rings. The van der Waals surface area contributed by atoms with Gasteiger partial charge in [-0.05, 0) is 17.5 Å². The van der Waals surface area contributed by atoms with Crippen LogP contribution >= 0.6 is 0 Å². The van der Waals surface area contributed by atoms with Gasteiger partial charge in [0.25, 0.3) is 0 Å². The van der Waals surface area contributed by atoms with Crippen LogP contribution in [0.1, 0.15) is 23.0 Å². The first kappa shape index (κ1) is 8.68. The predicted octanol–water partition coefficient (Wildman–Crippen LogP) is 1.64. The van der Waals surface area contributed by atoms with Gasteiger partial charge >= 0.3 is 0 Å². The Labute approximate surface area is 88.6 Å². The van der Waals surface area contributed by atoms with Gasteiger partial charge in [-0.25, -0.2) is 4.98 Å². The Morgan fingerprint density at radius 1 is 1.27 bits per heavy atom. The lowest BCUT2D eigenvalue weighted by atomic mass is 9.94. The standard InChI is InChI=1S/C12H13N3/c1-2-4-10-9(3-1)5-6-13-11(10)12-14-7-8-15-12/h1-4,7-8,11,13H,5-6H2,(H,14,15). The first-order chi connectivity index (χ1) is 7.45. The van der Waals surface area contributed by atoms with Gasteiger partial charge < -0.3 is 10.3 Å². The van der Waals surface area contributed by atoms with Crippen LogP contribution in [-0.2, 0) is 6.42 Å². The summed E-state index contributed by atoms with van der Waals surface area (Å²) in [6, 6.07) is 8.79. The van der Waals surface area contributed by atoms with Crippen LogP contribution in [0.25, 0.3) is 0 Å². The van der Waals surface area contributed by atoms with E-state index in [4.69, 9.17) is 0 Å². The molecule has 0 saturated heterocycles. The quantitative estimate of drug-likeness (QED) is 0.733. The number of nitrogens with one attached hydrogen (secondary N) is 2. The molecule has 0 bridgehead atoms. The van der Waals surface area contributed by atoms with Crippen molar-refractivity contribution in [3.8, 4) is 0 Å². The molecule has 1 atom stereocenters. The number of hydrogen-bond donors (Lipinski definition) is 2. The fourth-order valence-corrected chi connectivity index (χ4v) is 2.18. The van der Waals surface area contributed by atoms with Crippen LogP contribution in [0.3, 0.4) is 0 Å². The molecule has 2 heterocycles. The minimum absolute atomic E-state index is 0.227. The molecule has 76 valence electrons. The zero-order chi connectivity index (χ0) is 10.1. The predicted molar refractivity (Wildman–Crippen MR) is 58.6 cm³/mol. The molecular formula is C12H13N3. The molecule has 0 spiro atoms. The van der Waals surface area contributed by atoms with E-state index in [1.54, 1.807) is 6.20 Å². The number of imidazole rings is 1. The van der Waals surface area contributed by atoms with Crippen molar-refractivity contribution < 1.29 is 0 Å². The second kappa shape index (κ2) is 3.51. The van der Waals surface area contributed by atoms with Crippen LogP contribution in [-0.4, -0.2) is 16.5 Å². The second-order valence-corrected chi connectivity index (χ2v) is 3.81. The molecule has 2 N–H and O–H groups in total. The maximum Gasteiger partial charge on any atom is 0.127 e. The third-order valence-electron chi connectivity index (χ3n) is 2.90. The fourth-order valence-electron chi connectivity index (χ4n) is 2.18. The average Bonchev–Trinajstić information content (AvgIpc) is 2.82. The average molecular weight is 199 g/mol. The molecule has 15 heavy (non-hydrogen) atoms. The maximum atomic E-state index is 4.32. The highest BCUT2D eigenvalue weighted by atomic mass is 15.0. The molecule has 0 amide bonds. The fraction of sp³-hybridized carbons (Fsp3) is 0.250. The van der Waals surface area contributed by atoms with Crippen molar-refractivity contribution in [2.45, 2.75) is 12.5 Å². The van der Waals surface area contributed by atoms with Crippen molar-refractivity contribution in [3.05, 3.63) is 53.6 Å². The third kappa shape index (κ3) is 1.45. The highest BCUT2D eigenvalue weighted by Gasteiger charge is 2.21. The Kier molecular flexibility index (Phi) is 2.03. The van der Waals surface area contributed by atoms with E-state index in [1.165, 1.54) is 11.1 Å². The van der Waals surface area contributed by atoms with E-state index in [1.807, 2.05) is 6.20 Å². The highest BCUT2D eigenvalue weighted by molar-refractivity contribution is 5.35. The van der Waals surface area contributed by atoms with Crippen LogP contribution in [0.2, 0.25) is 0 Å². The zero-order valence-corrected chi connectivity index (χ0v) is 8.40. The molecule has 0 radical (unpaired) electrons. The van der Waals surface area contributed by atoms with Gasteiger partial charge in [-0.15, -0.1) is 0 Å². The van der Waals surface area contributed by atoms with Gasteiger partial charge in [0.05, 0.1) is 6.04 Å². The lowest BCUT2D eigenvalue weighted by molar-refractivity contribution is 0.548. The van der Waals surface area contributed by atoms with Gasteiger partial charge in [0.2, 0.25) is 0 Å². The summed E-state index contributed by atoms with van der Waals surface area (Å²) < 4.78 is 0. The van der Waals surface area contributed by atoms with Gasteiger partial charge in [-0.3, -0.25) is 0 Å². The molecule has 1 aromatic heterocycles. The lowest BCUT2D eigenvalue weighted by Gasteiger charge is -2.25. The van der Waals surface area contributed by atoms with E-state index >= 15 is 0 Å². The minimum Gasteiger partial charge on any atom is -0.347 e. The molecule has 3 nitrogen and oxygen atoms in total. The van der Waals surface area contributed by atoms with E-state index in [-0.39, 0.29) is 6.04 Å². The van der Waals surface area contributed by atoms with Crippen molar-refractivity contribution in [2.24, 2.45) is 0 Å². The number of nitrogens with zero attached hydrogens (tertiary/aromatic N) is 1. The number of fused-ring (bicyclic) bond motifs is 1. The molecule has 0 aliphatic carbocycles. The largest absolute Gasteiger partial charge is 0.347 e. The Balaban J connectivity index is 2.06. The second-order valence-electron chi connectivity index (χ2n) is 3.81. The molecule has 3 heteroatoms. The molecule has 1 aliphatic heterocycles. The first-order valence-electron chi connectivity index (χ1n) is 5.25. The van der Waals surface area contributed by atoms with Crippen LogP contribution in [0.5, 0.6) is 0 Å². The summed E-state index contributed by atoms with van der Waals surface area (Å²) in [6.45, 7) is 1.02. The van der Waals surface area contributed by atoms with E-state index in [2.05, 4.69) is 39.6 Å². The van der Waals surface area contributed by atoms with Crippen molar-refractivity contribution in [1.29, 1.82) is 0 Å². The summed E-state index contributed by atoms with van der Waals surface area (Å²) >= 11 is 0. The number of aromatic amines is 1. The highest BCUT2D eigenvalue weighted by Crippen LogP contribution is 2.25. The SMILES string of the molecule is c1ccc2c(c1)CCNC2c1ncc[nH]1. The summed E-state index contributed by atoms with van der Waals surface area (Å²) in [7, 11) is 0. The topological polar surface area (TPSA) is 40.7 Å². The van der Waals surface area contributed by atoms with Gasteiger partial charge in [-0.2, -0.15) is 0 Å². The number of aromatic nitrogens is 2. The van der Waals surface area contributed by atoms with E-state index in [0.29, 0.717) is 0 Å². The van der Waals surface area contributed by atoms with Crippen LogP contribution in [0.4, 0.5) is 0 Å². The maximum absolute atomic E-state index is 4.32. The van der Waals surface area contributed by atoms with E-state index in [0.717, 1.165) is 18.8 Å². The normalized spacial score (nSPS) is 19.9. The smallest absolute Gasteiger partial charge is 0.127 e. The lowest BCUT2D eigenvalue weighted by Crippen LogP contribution is -2.31. The van der Waals surface area contributed by atoms with Gasteiger partial charge in [-0.1, -0.05) is 24.3 Å². The Hall–Kier alpha value is -1.61. The molecule has 0 saturated carbocycles. The van der Waals surface area contributed by atoms with E-state index in [9.17, 15) is 0 Å². The van der Waals surface area contributed by atoms with Crippen molar-refractivity contribution >= 4 is 0 Å². The molecule has 0 fully saturated rings. The van der Waals surface area contributed by atoms with Crippen molar-refractivity contribution in [1.82, 2.24) is 15.3 Å². The third-order valence-corrected chi connectivity index (χ3v) is 2.90. The number of benzene rings is 1. The van der Waals surface area contributed by atoms with Crippen LogP contribution in [0.15, 0.2) is 36.7 Å². The number of rotatable bonds is 1. The monoisotopic (exact) mass is 199 g/mol. The van der Waals surface area contributed by atoms with Gasteiger partial charge in [0.15, 0.2) is 0 Å². The summed E-state index contributed by atoms with van der Waals surface area (Å²) in [5, 5.41) is 3.48. The van der Waals surface area contributed by atoms with Gasteiger partial charge in [0, 0.05) is 18.9 Å². The summed E-state index contributed by atoms with van der Waals surface area (Å²) in [6.07, 6.45) is 4.77. The minimum atomic E-state index is 0.227. The zero-order valence-electron chi connectivity index (χ0n) is 8.40. The number of hydrogen-bond acceptors (Lipinski definition) is 2. The molecule has 1 aromatic carbocycles. The van der Waals surface area contributed by atoms with Crippen LogP contribution in [0, 0.1) is 0 Å². The molecule has 2 aromatic rings. The Bertz CT molecular complexity index is 448.